The second-order valence-electron chi connectivity index (χ2n) is 8.24. The second kappa shape index (κ2) is 16.5. The monoisotopic (exact) mass is 466 g/mol. The molecule has 25 heavy (non-hydrogen) atoms. The molecule has 2 nitrogen and oxygen atoms in total. The van der Waals surface area contributed by atoms with Crippen LogP contribution in [0.2, 0.25) is 0 Å². The van der Waals surface area contributed by atoms with E-state index < -0.39 is 0 Å². The van der Waals surface area contributed by atoms with Crippen LogP contribution in [0.4, 0.5) is 0 Å². The van der Waals surface area contributed by atoms with Crippen LogP contribution in [0.5, 0.6) is 0 Å². The Balaban J connectivity index is 3.73. The van der Waals surface area contributed by atoms with E-state index in [1.54, 1.807) is 0 Å². The maximum Gasteiger partial charge on any atom is 0.285 e. The van der Waals surface area contributed by atoms with Crippen molar-refractivity contribution >= 4 is 5.78 Å². The Bertz CT molecular complexity index is 315. The minimum absolute atomic E-state index is 0.249. The second-order valence-corrected chi connectivity index (χ2v) is 11.0. The highest BCUT2D eigenvalue weighted by molar-refractivity contribution is 5.78. The van der Waals surface area contributed by atoms with E-state index >= 15 is 0 Å². The van der Waals surface area contributed by atoms with Crippen molar-refractivity contribution in [2.24, 2.45) is 17.8 Å². The molecule has 0 rings (SSSR count). The molecule has 1 N–H and O–H groups in total. The van der Waals surface area contributed by atoms with Crippen molar-refractivity contribution in [3.63, 3.8) is 0 Å². The van der Waals surface area contributed by atoms with Crippen LogP contribution in [0, 0.1) is 17.8 Å². The van der Waals surface area contributed by atoms with E-state index in [2.05, 4.69) is 37.9 Å². The topological polar surface area (TPSA) is 29.1 Å². The van der Waals surface area contributed by atoms with E-state index in [4.69, 9.17) is 0 Å². The zero-order chi connectivity index (χ0) is 19.1. The molecule has 0 aromatic heterocycles. The first-order valence-electron chi connectivity index (χ1n) is 10.6. The summed E-state index contributed by atoms with van der Waals surface area (Å²) in [7, 11) is 2.05. The van der Waals surface area contributed by atoms with Gasteiger partial charge in [0, 0.05) is 19.3 Å². The minimum Gasteiger partial charge on any atom is -0.300 e. The van der Waals surface area contributed by atoms with Crippen LogP contribution in [-0.4, -0.2) is 21.8 Å². The number of nitrogens with one attached hydrogen (secondary N) is 1. The Morgan fingerprint density at radius 3 is 2.20 bits per heavy atom. The lowest BCUT2D eigenvalue weighted by atomic mass is 9.87. The van der Waals surface area contributed by atoms with Gasteiger partial charge in [0.15, 0.2) is 0 Å². The lowest BCUT2D eigenvalue weighted by molar-refractivity contribution is -0.669. The van der Waals surface area contributed by atoms with Crippen molar-refractivity contribution in [2.45, 2.75) is 102 Å². The average molecular weight is 467 g/mol. The van der Waals surface area contributed by atoms with Gasteiger partial charge in [0.1, 0.15) is 10.7 Å². The van der Waals surface area contributed by atoms with Crippen molar-refractivity contribution in [1.82, 2.24) is 5.32 Å². The van der Waals surface area contributed by atoms with Crippen LogP contribution in [0.15, 0.2) is 0 Å². The highest BCUT2D eigenvalue weighted by atomic mass is 127. The van der Waals surface area contributed by atoms with E-state index in [0.29, 0.717) is 9.83 Å². The van der Waals surface area contributed by atoms with E-state index in [1.165, 1.54) is 44.9 Å². The molecular formula is C22H45INO+. The zero-order valence-corrected chi connectivity index (χ0v) is 20.0. The number of carbonyl (C=O) groups excluding carboxylic acids is 1. The van der Waals surface area contributed by atoms with Crippen LogP contribution < -0.4 is 26.5 Å². The smallest absolute Gasteiger partial charge is 0.285 e. The van der Waals surface area contributed by atoms with Crippen LogP contribution in [-0.2, 0) is 4.79 Å². The van der Waals surface area contributed by atoms with Gasteiger partial charge in [0.2, 0.25) is 4.05 Å². The van der Waals surface area contributed by atoms with Gasteiger partial charge < -0.3 is 0 Å². The Labute approximate surface area is 169 Å². The third kappa shape index (κ3) is 15.1. The first-order chi connectivity index (χ1) is 11.9. The fourth-order valence-electron chi connectivity index (χ4n) is 3.72. The summed E-state index contributed by atoms with van der Waals surface area (Å²) in [6.45, 7) is 9.39. The molecule has 0 saturated heterocycles. The van der Waals surface area contributed by atoms with E-state index in [9.17, 15) is 4.79 Å². The van der Waals surface area contributed by atoms with Crippen molar-refractivity contribution in [1.29, 1.82) is 0 Å². The minimum atomic E-state index is 0.249. The number of hydrogen-bond acceptors (Lipinski definition) is 2. The summed E-state index contributed by atoms with van der Waals surface area (Å²) in [5, 5.41) is 3.36. The van der Waals surface area contributed by atoms with E-state index in [0.717, 1.165) is 43.4 Å². The molecule has 0 aromatic carbocycles. The summed E-state index contributed by atoms with van der Waals surface area (Å²) in [6.07, 6.45) is 12.9. The lowest BCUT2D eigenvalue weighted by Gasteiger charge is -2.19. The molecule has 0 fully saturated rings. The molecule has 0 aliphatic carbocycles. The van der Waals surface area contributed by atoms with Crippen molar-refractivity contribution < 1.29 is 26.0 Å². The number of unbranched alkanes of at least 4 members (excludes halogenated alkanes) is 1. The normalized spacial score (nSPS) is 15.3. The Morgan fingerprint density at radius 1 is 0.960 bits per heavy atom. The van der Waals surface area contributed by atoms with Gasteiger partial charge in [-0.25, -0.2) is 0 Å². The van der Waals surface area contributed by atoms with Crippen LogP contribution in [0.1, 0.15) is 98.3 Å². The molecule has 3 atom stereocenters. The average Bonchev–Trinajstić information content (AvgIpc) is 2.57. The Morgan fingerprint density at radius 2 is 1.64 bits per heavy atom. The molecule has 3 unspecified atom stereocenters. The third-order valence-electron chi connectivity index (χ3n) is 5.33. The molecule has 0 aliphatic rings. The van der Waals surface area contributed by atoms with Crippen LogP contribution >= 0.6 is 0 Å². The van der Waals surface area contributed by atoms with Gasteiger partial charge in [-0.1, -0.05) is 59.8 Å². The molecule has 0 bridgehead atoms. The molecule has 0 aromatic rings. The maximum absolute atomic E-state index is 12.0. The summed E-state index contributed by atoms with van der Waals surface area (Å²) in [5.41, 5.74) is 0. The SMILES string of the molecule is CCC(CCCCC(=O)CCCC(NC)[I+]C)CCC(C)CC(C)C. The van der Waals surface area contributed by atoms with E-state index in [1.807, 2.05) is 7.05 Å². The highest BCUT2D eigenvalue weighted by Gasteiger charge is 2.16. The summed E-state index contributed by atoms with van der Waals surface area (Å²) in [4.78, 5) is 14.3. The summed E-state index contributed by atoms with van der Waals surface area (Å²) < 4.78 is 0.690. The molecule has 0 heterocycles. The molecule has 3 heteroatoms. The number of halogens is 1. The number of carbonyl (C=O) groups is 1. The van der Waals surface area contributed by atoms with Crippen LogP contribution in [0.3, 0.4) is 0 Å². The predicted molar refractivity (Wildman–Crippen MR) is 108 cm³/mol. The number of Topliss-reactive ketones (excluding diaryl/α,β-unsaturated/α-hetero) is 1. The van der Waals surface area contributed by atoms with Crippen molar-refractivity contribution in [2.75, 3.05) is 12.0 Å². The standard InChI is InChI=1S/C22H45INO/c1-7-20(16-15-19(4)17-18(2)3)11-8-9-12-21(25)13-10-14-22(23-5)24-6/h18-20,22,24H,7-17H2,1-6H3/q+1. The highest BCUT2D eigenvalue weighted by Crippen LogP contribution is 2.24. The van der Waals surface area contributed by atoms with Gasteiger partial charge in [-0.3, -0.25) is 10.1 Å². The van der Waals surface area contributed by atoms with Gasteiger partial charge in [-0.05, 0) is 44.1 Å². The van der Waals surface area contributed by atoms with Gasteiger partial charge >= 0.3 is 0 Å². The third-order valence-corrected chi connectivity index (χ3v) is 8.08. The number of hydrogen-bond donors (Lipinski definition) is 1. The predicted octanol–water partition coefficient (Wildman–Crippen LogP) is 3.04. The fraction of sp³-hybridized carbons (Fsp3) is 0.955. The fourth-order valence-corrected chi connectivity index (χ4v) is 5.40. The Hall–Kier alpha value is 0.360. The lowest BCUT2D eigenvalue weighted by Crippen LogP contribution is -3.65. The van der Waals surface area contributed by atoms with Gasteiger partial charge in [-0.2, -0.15) is 0 Å². The summed E-state index contributed by atoms with van der Waals surface area (Å²) in [5.74, 6) is 3.05. The molecule has 150 valence electrons. The van der Waals surface area contributed by atoms with Gasteiger partial charge in [-0.15, -0.1) is 0 Å². The number of rotatable bonds is 17. The first kappa shape index (κ1) is 25.4. The molecule has 0 aliphatic heterocycles. The molecule has 0 amide bonds. The summed E-state index contributed by atoms with van der Waals surface area (Å²) >= 11 is 0.249. The molecule has 0 spiro atoms. The largest absolute Gasteiger partial charge is 0.300 e. The summed E-state index contributed by atoms with van der Waals surface area (Å²) in [6, 6.07) is 0. The van der Waals surface area contributed by atoms with Crippen molar-refractivity contribution in [3.8, 4) is 0 Å². The number of ketones is 1. The van der Waals surface area contributed by atoms with Crippen LogP contribution in [0.25, 0.3) is 0 Å². The molecule has 0 saturated carbocycles. The Kier molecular flexibility index (Phi) is 16.8. The van der Waals surface area contributed by atoms with Gasteiger partial charge in [0.25, 0.3) is 21.2 Å². The maximum atomic E-state index is 12.0. The zero-order valence-electron chi connectivity index (χ0n) is 17.9. The first-order valence-corrected chi connectivity index (χ1v) is 14.0. The van der Waals surface area contributed by atoms with Gasteiger partial charge in [0.05, 0.1) is 0 Å². The quantitative estimate of drug-likeness (QED) is 0.155. The number of alkyl halides is 2. The molecular weight excluding hydrogens is 421 g/mol. The van der Waals surface area contributed by atoms with Crippen molar-refractivity contribution in [3.05, 3.63) is 0 Å². The van der Waals surface area contributed by atoms with E-state index in [-0.39, 0.29) is 21.2 Å². The molecule has 0 radical (unpaired) electrons.